The van der Waals surface area contributed by atoms with Crippen LogP contribution in [0, 0.1) is 6.92 Å². The molecule has 2 aliphatic rings. The van der Waals surface area contributed by atoms with Crippen molar-refractivity contribution in [3.05, 3.63) is 47.3 Å². The number of benzene rings is 1. The van der Waals surface area contributed by atoms with Gasteiger partial charge >= 0.3 is 0 Å². The quantitative estimate of drug-likeness (QED) is 0.631. The van der Waals surface area contributed by atoms with Gasteiger partial charge in [0.05, 0.1) is 0 Å². The lowest BCUT2D eigenvalue weighted by Crippen LogP contribution is -2.36. The molecule has 3 heteroatoms. The van der Waals surface area contributed by atoms with E-state index in [2.05, 4.69) is 10.6 Å². The Morgan fingerprint density at radius 2 is 1.79 bits per heavy atom. The van der Waals surface area contributed by atoms with Crippen LogP contribution in [0.5, 0.6) is 0 Å². The molecule has 0 radical (unpaired) electrons. The van der Waals surface area contributed by atoms with Crippen LogP contribution in [0.4, 0.5) is 0 Å². The number of carbonyl (C=O) groups excluding carboxylic acids is 1. The average Bonchev–Trinajstić information content (AvgIpc) is 2.81. The lowest BCUT2D eigenvalue weighted by Gasteiger charge is -2.23. The fourth-order valence-electron chi connectivity index (χ4n) is 3.06. The molecule has 2 N–H and O–H groups in total. The monoisotopic (exact) mass is 256 g/mol. The summed E-state index contributed by atoms with van der Waals surface area (Å²) in [5.41, 5.74) is 1.81. The molecule has 1 aromatic carbocycles. The Morgan fingerprint density at radius 1 is 1.16 bits per heavy atom. The number of aryl methyl sites for hydroxylation is 1. The predicted molar refractivity (Wildman–Crippen MR) is 75.9 cm³/mol. The van der Waals surface area contributed by atoms with Crippen molar-refractivity contribution in [3.8, 4) is 0 Å². The van der Waals surface area contributed by atoms with Gasteiger partial charge in [-0.2, -0.15) is 0 Å². The first-order valence-electron chi connectivity index (χ1n) is 7.09. The van der Waals surface area contributed by atoms with E-state index in [-0.39, 0.29) is 5.78 Å². The largest absolute Gasteiger partial charge is 0.367 e. The fraction of sp³-hybridized carbons (Fsp3) is 0.438. The Morgan fingerprint density at radius 3 is 2.42 bits per heavy atom. The van der Waals surface area contributed by atoms with Crippen molar-refractivity contribution >= 4 is 5.78 Å². The Balaban J connectivity index is 1.76. The highest BCUT2D eigenvalue weighted by Crippen LogP contribution is 2.24. The maximum absolute atomic E-state index is 12.3. The molecule has 0 aromatic heterocycles. The van der Waals surface area contributed by atoms with E-state index in [1.165, 1.54) is 25.7 Å². The molecular formula is C16H20N2O. The molecule has 1 aromatic rings. The normalized spacial score (nSPS) is 27.5. The van der Waals surface area contributed by atoms with Gasteiger partial charge < -0.3 is 10.6 Å². The van der Waals surface area contributed by atoms with Crippen molar-refractivity contribution < 1.29 is 4.79 Å². The molecule has 1 heterocycles. The molecule has 0 spiro atoms. The summed E-state index contributed by atoms with van der Waals surface area (Å²) in [6, 6.07) is 8.74. The van der Waals surface area contributed by atoms with E-state index in [1.807, 2.05) is 31.2 Å². The Kier molecular flexibility index (Phi) is 3.28. The first-order valence-corrected chi connectivity index (χ1v) is 7.09. The van der Waals surface area contributed by atoms with Crippen LogP contribution >= 0.6 is 0 Å². The SMILES string of the molecule is Cc1ccccc1C(=O)C=C1N[C@H]2CCCC[C@H]2N1. The van der Waals surface area contributed by atoms with Gasteiger partial charge in [0.15, 0.2) is 5.78 Å². The number of nitrogens with one attached hydrogen (secondary N) is 2. The van der Waals surface area contributed by atoms with Crippen molar-refractivity contribution in [2.24, 2.45) is 0 Å². The van der Waals surface area contributed by atoms with Crippen molar-refractivity contribution in [1.29, 1.82) is 0 Å². The third-order valence-electron chi connectivity index (χ3n) is 4.13. The van der Waals surface area contributed by atoms with E-state index in [0.29, 0.717) is 12.1 Å². The lowest BCUT2D eigenvalue weighted by atomic mass is 9.92. The second kappa shape index (κ2) is 5.08. The molecule has 2 atom stereocenters. The van der Waals surface area contributed by atoms with Crippen LogP contribution in [0.2, 0.25) is 0 Å². The van der Waals surface area contributed by atoms with Gasteiger partial charge in [-0.15, -0.1) is 0 Å². The van der Waals surface area contributed by atoms with Gasteiger partial charge in [-0.25, -0.2) is 0 Å². The topological polar surface area (TPSA) is 41.1 Å². The summed E-state index contributed by atoms with van der Waals surface area (Å²) in [5, 5.41) is 6.88. The molecule has 0 unspecified atom stereocenters. The van der Waals surface area contributed by atoms with Crippen LogP contribution < -0.4 is 10.6 Å². The third-order valence-corrected chi connectivity index (χ3v) is 4.13. The van der Waals surface area contributed by atoms with Gasteiger partial charge in [-0.05, 0) is 25.3 Å². The van der Waals surface area contributed by atoms with Crippen LogP contribution in [0.1, 0.15) is 41.6 Å². The molecule has 1 aliphatic heterocycles. The highest BCUT2D eigenvalue weighted by Gasteiger charge is 2.31. The first kappa shape index (κ1) is 12.3. The number of allylic oxidation sites excluding steroid dienone is 1. The van der Waals surface area contributed by atoms with Gasteiger partial charge in [0.2, 0.25) is 0 Å². The van der Waals surface area contributed by atoms with Gasteiger partial charge in [0, 0.05) is 23.7 Å². The minimum Gasteiger partial charge on any atom is -0.367 e. The van der Waals surface area contributed by atoms with Crippen LogP contribution in [0.3, 0.4) is 0 Å². The summed E-state index contributed by atoms with van der Waals surface area (Å²) in [7, 11) is 0. The summed E-state index contributed by atoms with van der Waals surface area (Å²) in [6.07, 6.45) is 6.69. The van der Waals surface area contributed by atoms with E-state index in [4.69, 9.17) is 0 Å². The molecule has 1 aliphatic carbocycles. The maximum atomic E-state index is 12.3. The Hall–Kier alpha value is -1.77. The molecule has 1 saturated heterocycles. The summed E-state index contributed by atoms with van der Waals surface area (Å²) in [6.45, 7) is 1.97. The van der Waals surface area contributed by atoms with E-state index < -0.39 is 0 Å². The molecule has 100 valence electrons. The van der Waals surface area contributed by atoms with E-state index in [9.17, 15) is 4.79 Å². The minimum atomic E-state index is 0.0757. The summed E-state index contributed by atoms with van der Waals surface area (Å²) in [5.74, 6) is 0.969. The zero-order valence-corrected chi connectivity index (χ0v) is 11.3. The summed E-state index contributed by atoms with van der Waals surface area (Å²) >= 11 is 0. The summed E-state index contributed by atoms with van der Waals surface area (Å²) in [4.78, 5) is 12.3. The van der Waals surface area contributed by atoms with E-state index >= 15 is 0 Å². The molecule has 19 heavy (non-hydrogen) atoms. The van der Waals surface area contributed by atoms with E-state index in [1.54, 1.807) is 6.08 Å². The highest BCUT2D eigenvalue weighted by atomic mass is 16.1. The Labute approximate surface area is 114 Å². The van der Waals surface area contributed by atoms with Crippen LogP contribution in [0.15, 0.2) is 36.2 Å². The van der Waals surface area contributed by atoms with Gasteiger partial charge in [0.1, 0.15) is 5.82 Å². The molecule has 0 bridgehead atoms. The fourth-order valence-corrected chi connectivity index (χ4v) is 3.06. The maximum Gasteiger partial charge on any atom is 0.189 e. The molecule has 0 amide bonds. The minimum absolute atomic E-state index is 0.0757. The number of fused-ring (bicyclic) bond motifs is 1. The summed E-state index contributed by atoms with van der Waals surface area (Å²) < 4.78 is 0. The number of hydrogen-bond acceptors (Lipinski definition) is 3. The number of hydrogen-bond donors (Lipinski definition) is 2. The highest BCUT2D eigenvalue weighted by molar-refractivity contribution is 6.05. The molecular weight excluding hydrogens is 236 g/mol. The standard InChI is InChI=1S/C16H20N2O/c1-11-6-2-3-7-12(11)15(19)10-16-17-13-8-4-5-9-14(13)18-16/h2-3,6-7,10,13-14,17-18H,4-5,8-9H2,1H3/t13-,14+. The van der Waals surface area contributed by atoms with Crippen LogP contribution in [-0.2, 0) is 0 Å². The van der Waals surface area contributed by atoms with Crippen LogP contribution in [-0.4, -0.2) is 17.9 Å². The number of rotatable bonds is 2. The van der Waals surface area contributed by atoms with Crippen molar-refractivity contribution in [2.75, 3.05) is 0 Å². The van der Waals surface area contributed by atoms with Crippen molar-refractivity contribution in [3.63, 3.8) is 0 Å². The predicted octanol–water partition coefficient (Wildman–Crippen LogP) is 2.52. The average molecular weight is 256 g/mol. The lowest BCUT2D eigenvalue weighted by molar-refractivity contribution is 0.104. The number of carbonyl (C=O) groups is 1. The van der Waals surface area contributed by atoms with Gasteiger partial charge in [0.25, 0.3) is 0 Å². The smallest absolute Gasteiger partial charge is 0.189 e. The van der Waals surface area contributed by atoms with Crippen molar-refractivity contribution in [2.45, 2.75) is 44.7 Å². The number of ketones is 1. The van der Waals surface area contributed by atoms with Gasteiger partial charge in [-0.3, -0.25) is 4.79 Å². The first-order chi connectivity index (χ1) is 9.24. The second-order valence-electron chi connectivity index (χ2n) is 5.52. The van der Waals surface area contributed by atoms with Crippen LogP contribution in [0.25, 0.3) is 0 Å². The molecule has 2 fully saturated rings. The zero-order valence-electron chi connectivity index (χ0n) is 11.3. The molecule has 3 rings (SSSR count). The van der Waals surface area contributed by atoms with E-state index in [0.717, 1.165) is 16.9 Å². The van der Waals surface area contributed by atoms with Crippen molar-refractivity contribution in [1.82, 2.24) is 10.6 Å². The molecule has 1 saturated carbocycles. The Bertz CT molecular complexity index is 505. The molecule has 3 nitrogen and oxygen atoms in total. The third kappa shape index (κ3) is 2.50. The van der Waals surface area contributed by atoms with Gasteiger partial charge in [-0.1, -0.05) is 37.1 Å². The second-order valence-corrected chi connectivity index (χ2v) is 5.52. The zero-order chi connectivity index (χ0) is 13.2.